The van der Waals surface area contributed by atoms with E-state index in [0.717, 1.165) is 24.8 Å². The van der Waals surface area contributed by atoms with E-state index in [1.807, 2.05) is 0 Å². The molecule has 1 heterocycles. The van der Waals surface area contributed by atoms with E-state index < -0.39 is 78.0 Å². The summed E-state index contributed by atoms with van der Waals surface area (Å²) in [4.78, 5) is 0. The van der Waals surface area contributed by atoms with Gasteiger partial charge in [0.25, 0.3) is 0 Å². The molecule has 5 fully saturated rings. The Labute approximate surface area is 206 Å². The standard InChI is InChI=1S/C26H42O9/c1-11-8-25-9-17(28)26(33)15(12(2)14(25)6-5-13(11)22(25)32)7-18(24(26,3)4)35-23-21(31)20(30)19(29)16(10-27)34-23/h11,13-23,27-33H,2,5-10H2,1,3-4H3/t11-,13-,14-,15-,16+,17+,18-,19+,20-,21+,22+,23-,25+,26-/m0/s1. The Balaban J connectivity index is 1.45. The summed E-state index contributed by atoms with van der Waals surface area (Å²) >= 11 is 0. The van der Waals surface area contributed by atoms with Crippen LogP contribution in [-0.4, -0.2) is 97.0 Å². The van der Waals surface area contributed by atoms with Crippen LogP contribution in [0.4, 0.5) is 0 Å². The number of rotatable bonds is 3. The fourth-order valence-electron chi connectivity index (χ4n) is 8.76. The Morgan fingerprint density at radius 2 is 1.69 bits per heavy atom. The topological polar surface area (TPSA) is 160 Å². The highest BCUT2D eigenvalue weighted by molar-refractivity contribution is 5.31. The number of hydrogen-bond acceptors (Lipinski definition) is 9. The molecule has 0 unspecified atom stereocenters. The molecule has 0 aromatic heterocycles. The van der Waals surface area contributed by atoms with Gasteiger partial charge in [0, 0.05) is 16.7 Å². The van der Waals surface area contributed by atoms with Crippen LogP contribution in [0.25, 0.3) is 0 Å². The van der Waals surface area contributed by atoms with Crippen LogP contribution in [0.5, 0.6) is 0 Å². The highest BCUT2D eigenvalue weighted by Crippen LogP contribution is 2.68. The molecule has 2 bridgehead atoms. The van der Waals surface area contributed by atoms with Crippen molar-refractivity contribution in [3.63, 3.8) is 0 Å². The van der Waals surface area contributed by atoms with Gasteiger partial charge in [0.2, 0.25) is 0 Å². The predicted octanol–water partition coefficient (Wildman–Crippen LogP) is -0.317. The van der Waals surface area contributed by atoms with Crippen molar-refractivity contribution in [1.29, 1.82) is 0 Å². The third kappa shape index (κ3) is 3.33. The van der Waals surface area contributed by atoms with Gasteiger partial charge < -0.3 is 45.2 Å². The van der Waals surface area contributed by atoms with Gasteiger partial charge in [-0.1, -0.05) is 32.9 Å². The highest BCUT2D eigenvalue weighted by atomic mass is 16.7. The van der Waals surface area contributed by atoms with E-state index in [4.69, 9.17) is 9.47 Å². The lowest BCUT2D eigenvalue weighted by Crippen LogP contribution is -2.61. The molecule has 0 aromatic carbocycles. The first-order valence-electron chi connectivity index (χ1n) is 13.0. The number of aliphatic hydroxyl groups excluding tert-OH is 6. The first-order valence-corrected chi connectivity index (χ1v) is 13.0. The van der Waals surface area contributed by atoms with Crippen molar-refractivity contribution in [3.8, 4) is 0 Å². The van der Waals surface area contributed by atoms with Crippen molar-refractivity contribution < 1.29 is 45.2 Å². The number of hydrogen-bond donors (Lipinski definition) is 7. The van der Waals surface area contributed by atoms with Crippen molar-refractivity contribution in [2.75, 3.05) is 6.61 Å². The van der Waals surface area contributed by atoms with Crippen LogP contribution in [0.2, 0.25) is 0 Å². The van der Waals surface area contributed by atoms with Crippen molar-refractivity contribution in [3.05, 3.63) is 12.2 Å². The van der Waals surface area contributed by atoms with Crippen molar-refractivity contribution in [2.24, 2.45) is 34.5 Å². The lowest BCUT2D eigenvalue weighted by molar-refractivity contribution is -0.321. The van der Waals surface area contributed by atoms with Crippen LogP contribution in [0.3, 0.4) is 0 Å². The summed E-state index contributed by atoms with van der Waals surface area (Å²) in [6, 6.07) is 0. The maximum absolute atomic E-state index is 12.2. The molecule has 4 aliphatic carbocycles. The summed E-state index contributed by atoms with van der Waals surface area (Å²) in [6.45, 7) is 9.65. The molecule has 1 aliphatic heterocycles. The Morgan fingerprint density at radius 3 is 2.34 bits per heavy atom. The predicted molar refractivity (Wildman–Crippen MR) is 124 cm³/mol. The Bertz CT molecular complexity index is 847. The van der Waals surface area contributed by atoms with E-state index in [0.29, 0.717) is 12.3 Å². The molecule has 0 radical (unpaired) electrons. The van der Waals surface area contributed by atoms with Gasteiger partial charge in [-0.15, -0.1) is 0 Å². The van der Waals surface area contributed by atoms with E-state index >= 15 is 0 Å². The minimum absolute atomic E-state index is 0.0193. The van der Waals surface area contributed by atoms with Gasteiger partial charge in [-0.2, -0.15) is 0 Å². The first kappa shape index (κ1) is 26.0. The van der Waals surface area contributed by atoms with E-state index in [1.54, 1.807) is 13.8 Å². The van der Waals surface area contributed by atoms with Crippen molar-refractivity contribution >= 4 is 0 Å². The molecule has 5 rings (SSSR count). The summed E-state index contributed by atoms with van der Waals surface area (Å²) in [6.07, 6.45) is -6.21. The molecule has 4 saturated carbocycles. The second-order valence-corrected chi connectivity index (χ2v) is 12.6. The lowest BCUT2D eigenvalue weighted by Gasteiger charge is -2.48. The average Bonchev–Trinajstić information content (AvgIpc) is 3.04. The SMILES string of the molecule is C=C1[C@@H]2CC[C@@H]3[C@@H](O)[C@@]2(C[C@@H](O)[C@@]2(O)[C@H]1C[C@H](O[C@@H]1O[C@H](CO)[C@@H](O)[C@H](O)[C@H]1O)C2(C)C)C[C@@H]3C. The molecular formula is C26H42O9. The van der Waals surface area contributed by atoms with Crippen LogP contribution in [0.1, 0.15) is 52.9 Å². The quantitative estimate of drug-likeness (QED) is 0.259. The zero-order valence-electron chi connectivity index (χ0n) is 20.8. The summed E-state index contributed by atoms with van der Waals surface area (Å²) < 4.78 is 11.7. The molecule has 9 nitrogen and oxygen atoms in total. The molecule has 1 spiro atoms. The third-order valence-corrected chi connectivity index (χ3v) is 10.9. The van der Waals surface area contributed by atoms with Crippen molar-refractivity contribution in [2.45, 2.75) is 107 Å². The Morgan fingerprint density at radius 1 is 1.00 bits per heavy atom. The number of fused-ring (bicyclic) bond motifs is 2. The van der Waals surface area contributed by atoms with Crippen LogP contribution < -0.4 is 0 Å². The maximum atomic E-state index is 12.2. The van der Waals surface area contributed by atoms with Gasteiger partial charge in [-0.05, 0) is 49.9 Å². The van der Waals surface area contributed by atoms with Crippen LogP contribution in [-0.2, 0) is 9.47 Å². The molecule has 0 amide bonds. The number of ether oxygens (including phenoxy) is 2. The normalized spacial score (nSPS) is 57.5. The molecule has 0 aromatic rings. The third-order valence-electron chi connectivity index (χ3n) is 10.9. The number of aliphatic hydroxyl groups is 7. The van der Waals surface area contributed by atoms with Gasteiger partial charge in [0.1, 0.15) is 30.0 Å². The van der Waals surface area contributed by atoms with Gasteiger partial charge in [0.15, 0.2) is 6.29 Å². The van der Waals surface area contributed by atoms with E-state index in [2.05, 4.69) is 13.5 Å². The fraction of sp³-hybridized carbons (Fsp3) is 0.923. The molecule has 5 aliphatic rings. The molecule has 7 N–H and O–H groups in total. The second kappa shape index (κ2) is 8.44. The molecule has 1 saturated heterocycles. The molecule has 14 atom stereocenters. The van der Waals surface area contributed by atoms with E-state index in [9.17, 15) is 35.7 Å². The fourth-order valence-corrected chi connectivity index (χ4v) is 8.76. The minimum atomic E-state index is -1.59. The summed E-state index contributed by atoms with van der Waals surface area (Å²) in [5.41, 5.74) is -2.25. The summed E-state index contributed by atoms with van der Waals surface area (Å²) in [5.74, 6) is 0.0348. The Kier molecular flexibility index (Phi) is 6.27. The minimum Gasteiger partial charge on any atom is -0.394 e. The second-order valence-electron chi connectivity index (χ2n) is 12.6. The Hall–Kier alpha value is -0.620. The first-order chi connectivity index (χ1) is 16.3. The van der Waals surface area contributed by atoms with Gasteiger partial charge in [-0.3, -0.25) is 0 Å². The van der Waals surface area contributed by atoms with Gasteiger partial charge in [0.05, 0.1) is 24.9 Å². The van der Waals surface area contributed by atoms with Crippen LogP contribution >= 0.6 is 0 Å². The maximum Gasteiger partial charge on any atom is 0.186 e. The zero-order valence-corrected chi connectivity index (χ0v) is 20.8. The molecule has 35 heavy (non-hydrogen) atoms. The molecular weight excluding hydrogens is 456 g/mol. The average molecular weight is 499 g/mol. The zero-order chi connectivity index (χ0) is 25.7. The smallest absolute Gasteiger partial charge is 0.186 e. The summed E-state index contributed by atoms with van der Waals surface area (Å²) in [5, 5.41) is 75.5. The molecule has 9 heteroatoms. The monoisotopic (exact) mass is 498 g/mol. The van der Waals surface area contributed by atoms with Gasteiger partial charge in [-0.25, -0.2) is 0 Å². The van der Waals surface area contributed by atoms with Gasteiger partial charge >= 0.3 is 0 Å². The lowest BCUT2D eigenvalue weighted by atomic mass is 9.61. The van der Waals surface area contributed by atoms with E-state index in [1.165, 1.54) is 0 Å². The largest absolute Gasteiger partial charge is 0.394 e. The highest BCUT2D eigenvalue weighted by Gasteiger charge is 2.71. The van der Waals surface area contributed by atoms with E-state index in [-0.39, 0.29) is 18.3 Å². The molecule has 200 valence electrons. The van der Waals surface area contributed by atoms with Crippen LogP contribution in [0.15, 0.2) is 12.2 Å². The van der Waals surface area contributed by atoms with Crippen LogP contribution in [0, 0.1) is 34.5 Å². The summed E-state index contributed by atoms with van der Waals surface area (Å²) in [7, 11) is 0. The van der Waals surface area contributed by atoms with Crippen molar-refractivity contribution in [1.82, 2.24) is 0 Å².